The van der Waals surface area contributed by atoms with Crippen LogP contribution in [0.15, 0.2) is 12.1 Å². The van der Waals surface area contributed by atoms with E-state index in [1.807, 2.05) is 0 Å². The van der Waals surface area contributed by atoms with Crippen LogP contribution in [0.5, 0.6) is 11.5 Å². The van der Waals surface area contributed by atoms with Gasteiger partial charge in [0.25, 0.3) is 5.91 Å². The Balaban J connectivity index is 2.06. The molecule has 0 unspecified atom stereocenters. The second-order valence-corrected chi connectivity index (χ2v) is 5.02. The summed E-state index contributed by atoms with van der Waals surface area (Å²) in [5.74, 6) is 0.849. The van der Waals surface area contributed by atoms with E-state index in [9.17, 15) is 4.79 Å². The first-order valence-electron chi connectivity index (χ1n) is 6.70. The fourth-order valence-corrected chi connectivity index (χ4v) is 2.36. The Morgan fingerprint density at radius 2 is 2.14 bits per heavy atom. The molecule has 7 heteroatoms. The molecule has 1 aliphatic heterocycles. The second-order valence-electron chi connectivity index (χ2n) is 4.58. The molecule has 116 valence electrons. The minimum atomic E-state index is -0.0849. The number of carbonyl (C=O) groups excluding carboxylic acids is 1. The van der Waals surface area contributed by atoms with Crippen LogP contribution in [0.2, 0.25) is 5.02 Å². The summed E-state index contributed by atoms with van der Waals surface area (Å²) in [6.45, 7) is 2.48. The number of methoxy groups -OCH3 is 1. The Labute approximate surface area is 128 Å². The molecule has 0 aliphatic carbocycles. The van der Waals surface area contributed by atoms with Crippen molar-refractivity contribution in [3.8, 4) is 11.5 Å². The lowest BCUT2D eigenvalue weighted by molar-refractivity contribution is -0.137. The fraction of sp³-hybridized carbons (Fsp3) is 0.500. The van der Waals surface area contributed by atoms with Gasteiger partial charge in [0.2, 0.25) is 0 Å². The molecule has 1 amide bonds. The highest BCUT2D eigenvalue weighted by molar-refractivity contribution is 6.30. The van der Waals surface area contributed by atoms with Gasteiger partial charge in [0, 0.05) is 36.3 Å². The number of benzene rings is 1. The van der Waals surface area contributed by atoms with Gasteiger partial charge < -0.3 is 24.8 Å². The molecule has 21 heavy (non-hydrogen) atoms. The smallest absolute Gasteiger partial charge is 0.260 e. The van der Waals surface area contributed by atoms with Gasteiger partial charge in [-0.3, -0.25) is 4.79 Å². The first-order chi connectivity index (χ1) is 10.2. The Hall–Kier alpha value is -1.50. The molecule has 1 saturated heterocycles. The summed E-state index contributed by atoms with van der Waals surface area (Å²) in [6.07, 6.45) is 0. The van der Waals surface area contributed by atoms with Crippen molar-refractivity contribution in [2.75, 3.05) is 40.0 Å². The lowest BCUT2D eigenvalue weighted by Crippen LogP contribution is -2.43. The molecular weight excluding hydrogens is 296 g/mol. The maximum Gasteiger partial charge on any atom is 0.260 e. The predicted octanol–water partition coefficient (Wildman–Crippen LogP) is 1.04. The van der Waals surface area contributed by atoms with Crippen LogP contribution in [0.4, 0.5) is 0 Å². The van der Waals surface area contributed by atoms with E-state index in [2.05, 4.69) is 0 Å². The highest BCUT2D eigenvalue weighted by atomic mass is 35.5. The van der Waals surface area contributed by atoms with Crippen LogP contribution in [0.25, 0.3) is 0 Å². The lowest BCUT2D eigenvalue weighted by atomic mass is 10.2. The normalized spacial score (nSPS) is 14.9. The number of morpholine rings is 1. The molecule has 2 N–H and O–H groups in total. The molecule has 1 aromatic rings. The Kier molecular flexibility index (Phi) is 5.67. The molecule has 6 nitrogen and oxygen atoms in total. The van der Waals surface area contributed by atoms with Crippen molar-refractivity contribution in [2.45, 2.75) is 6.54 Å². The highest BCUT2D eigenvalue weighted by Crippen LogP contribution is 2.34. The lowest BCUT2D eigenvalue weighted by Gasteiger charge is -2.27. The van der Waals surface area contributed by atoms with E-state index in [1.165, 1.54) is 7.11 Å². The van der Waals surface area contributed by atoms with Gasteiger partial charge in [0.05, 0.1) is 20.3 Å². The van der Waals surface area contributed by atoms with E-state index in [0.29, 0.717) is 48.4 Å². The molecule has 0 aromatic heterocycles. The standard InChI is InChI=1S/C14H19ClN2O4/c1-19-12-7-11(15)6-10(8-16)14(12)21-9-13(18)17-2-4-20-5-3-17/h6-7H,2-5,8-9,16H2,1H3. The topological polar surface area (TPSA) is 74.0 Å². The maximum atomic E-state index is 12.1. The third kappa shape index (κ3) is 4.00. The summed E-state index contributed by atoms with van der Waals surface area (Å²) in [6, 6.07) is 3.34. The van der Waals surface area contributed by atoms with E-state index < -0.39 is 0 Å². The summed E-state index contributed by atoms with van der Waals surface area (Å²) in [4.78, 5) is 13.8. The first-order valence-corrected chi connectivity index (χ1v) is 7.08. The Morgan fingerprint density at radius 1 is 1.43 bits per heavy atom. The van der Waals surface area contributed by atoms with E-state index in [4.69, 9.17) is 31.5 Å². The van der Waals surface area contributed by atoms with Crippen LogP contribution in [0, 0.1) is 0 Å². The van der Waals surface area contributed by atoms with Crippen LogP contribution in [0.1, 0.15) is 5.56 Å². The van der Waals surface area contributed by atoms with Crippen molar-refractivity contribution in [3.05, 3.63) is 22.7 Å². The number of hydrogen-bond donors (Lipinski definition) is 1. The number of amides is 1. The molecule has 0 atom stereocenters. The van der Waals surface area contributed by atoms with Gasteiger partial charge in [-0.25, -0.2) is 0 Å². The predicted molar refractivity (Wildman–Crippen MR) is 78.8 cm³/mol. The average Bonchev–Trinajstić information content (AvgIpc) is 2.53. The molecule has 1 aromatic carbocycles. The second kappa shape index (κ2) is 7.49. The Bertz CT molecular complexity index is 479. The van der Waals surface area contributed by atoms with Crippen molar-refractivity contribution in [2.24, 2.45) is 5.73 Å². The number of nitrogens with zero attached hydrogens (tertiary/aromatic N) is 1. The quantitative estimate of drug-likeness (QED) is 0.879. The van der Waals surface area contributed by atoms with E-state index in [1.54, 1.807) is 17.0 Å². The summed E-state index contributed by atoms with van der Waals surface area (Å²) < 4.78 is 16.1. The summed E-state index contributed by atoms with van der Waals surface area (Å²) in [5, 5.41) is 0.513. The number of ether oxygens (including phenoxy) is 3. The fourth-order valence-electron chi connectivity index (χ4n) is 2.13. The zero-order valence-electron chi connectivity index (χ0n) is 11.9. The van der Waals surface area contributed by atoms with Gasteiger partial charge in [0.1, 0.15) is 0 Å². The van der Waals surface area contributed by atoms with Crippen molar-refractivity contribution in [1.29, 1.82) is 0 Å². The number of nitrogens with two attached hydrogens (primary N) is 1. The zero-order valence-corrected chi connectivity index (χ0v) is 12.7. The number of carbonyl (C=O) groups is 1. The van der Waals surface area contributed by atoms with Gasteiger partial charge in [0.15, 0.2) is 18.1 Å². The molecule has 1 fully saturated rings. The summed E-state index contributed by atoms with van der Waals surface area (Å²) in [7, 11) is 1.52. The van der Waals surface area contributed by atoms with Crippen LogP contribution in [0.3, 0.4) is 0 Å². The van der Waals surface area contributed by atoms with Gasteiger partial charge in [-0.2, -0.15) is 0 Å². The average molecular weight is 315 g/mol. The molecule has 0 bridgehead atoms. The third-order valence-corrected chi connectivity index (χ3v) is 3.46. The zero-order chi connectivity index (χ0) is 15.2. The third-order valence-electron chi connectivity index (χ3n) is 3.24. The van der Waals surface area contributed by atoms with Crippen molar-refractivity contribution in [1.82, 2.24) is 4.90 Å². The number of hydrogen-bond acceptors (Lipinski definition) is 5. The van der Waals surface area contributed by atoms with E-state index >= 15 is 0 Å². The molecule has 0 spiro atoms. The van der Waals surface area contributed by atoms with Crippen LogP contribution in [-0.2, 0) is 16.1 Å². The monoisotopic (exact) mass is 314 g/mol. The van der Waals surface area contributed by atoms with Crippen LogP contribution >= 0.6 is 11.6 Å². The summed E-state index contributed by atoms with van der Waals surface area (Å²) >= 11 is 5.98. The van der Waals surface area contributed by atoms with Gasteiger partial charge in [-0.15, -0.1) is 0 Å². The highest BCUT2D eigenvalue weighted by Gasteiger charge is 2.19. The number of halogens is 1. The minimum Gasteiger partial charge on any atom is -0.493 e. The molecule has 2 rings (SSSR count). The SMILES string of the molecule is COc1cc(Cl)cc(CN)c1OCC(=O)N1CCOCC1. The van der Waals surface area contributed by atoms with Gasteiger partial charge in [-0.1, -0.05) is 11.6 Å². The number of rotatable bonds is 5. The molecule has 1 aliphatic rings. The molecule has 0 saturated carbocycles. The van der Waals surface area contributed by atoms with Gasteiger partial charge >= 0.3 is 0 Å². The summed E-state index contributed by atoms with van der Waals surface area (Å²) in [5.41, 5.74) is 6.39. The van der Waals surface area contributed by atoms with Crippen LogP contribution in [-0.4, -0.2) is 50.8 Å². The van der Waals surface area contributed by atoms with E-state index in [0.717, 1.165) is 0 Å². The van der Waals surface area contributed by atoms with E-state index in [-0.39, 0.29) is 19.1 Å². The van der Waals surface area contributed by atoms with Crippen molar-refractivity contribution >= 4 is 17.5 Å². The maximum absolute atomic E-state index is 12.1. The van der Waals surface area contributed by atoms with Crippen LogP contribution < -0.4 is 15.2 Å². The van der Waals surface area contributed by atoms with Gasteiger partial charge in [-0.05, 0) is 6.07 Å². The largest absolute Gasteiger partial charge is 0.493 e. The molecular formula is C14H19ClN2O4. The van der Waals surface area contributed by atoms with Crippen molar-refractivity contribution < 1.29 is 19.0 Å². The Morgan fingerprint density at radius 3 is 2.76 bits per heavy atom. The molecule has 1 heterocycles. The van der Waals surface area contributed by atoms with Crippen molar-refractivity contribution in [3.63, 3.8) is 0 Å². The first kappa shape index (κ1) is 15.9. The molecule has 0 radical (unpaired) electrons. The minimum absolute atomic E-state index is 0.0645.